The molecule has 23 heavy (non-hydrogen) atoms. The maximum Gasteiger partial charge on any atom is 0.250 e. The molecule has 122 valence electrons. The minimum absolute atomic E-state index is 0.130. The Morgan fingerprint density at radius 3 is 2.04 bits per heavy atom. The Hall–Kier alpha value is -0.270. The molecule has 1 aromatic heterocycles. The van der Waals surface area contributed by atoms with Gasteiger partial charge in [-0.1, -0.05) is 81.7 Å². The summed E-state index contributed by atoms with van der Waals surface area (Å²) in [5.41, 5.74) is 1.31. The van der Waals surface area contributed by atoms with Crippen molar-refractivity contribution in [3.8, 4) is 17.1 Å². The number of aromatic nitrogens is 3. The van der Waals surface area contributed by atoms with E-state index < -0.39 is 7.59 Å². The van der Waals surface area contributed by atoms with Gasteiger partial charge in [0.25, 0.3) is 0 Å². The number of para-hydroxylation sites is 1. The lowest BCUT2D eigenvalue weighted by molar-refractivity contribution is -0.194. The van der Waals surface area contributed by atoms with Crippen LogP contribution in [0.2, 0.25) is 0 Å². The third-order valence-electron chi connectivity index (χ3n) is 2.84. The van der Waals surface area contributed by atoms with E-state index >= 15 is 0 Å². The van der Waals surface area contributed by atoms with E-state index in [1.165, 1.54) is 0 Å². The molecular formula is C12H5Cl6N3O2. The van der Waals surface area contributed by atoms with Gasteiger partial charge in [0.15, 0.2) is 23.2 Å². The molecule has 0 amide bonds. The smallest absolute Gasteiger partial charge is 0.250 e. The average Bonchev–Trinajstić information content (AvgIpc) is 2.93. The third-order valence-corrected chi connectivity index (χ3v) is 3.85. The number of halogens is 6. The second-order valence-electron chi connectivity index (χ2n) is 4.44. The van der Waals surface area contributed by atoms with Crippen molar-refractivity contribution < 1.29 is 9.78 Å². The molecule has 0 saturated heterocycles. The van der Waals surface area contributed by atoms with Gasteiger partial charge < -0.3 is 4.89 Å². The van der Waals surface area contributed by atoms with Crippen molar-refractivity contribution in [1.82, 2.24) is 15.0 Å². The summed E-state index contributed by atoms with van der Waals surface area (Å²) in [6, 6.07) is 5.31. The van der Waals surface area contributed by atoms with E-state index in [4.69, 9.17) is 79.4 Å². The Kier molecular flexibility index (Phi) is 4.75. The fourth-order valence-corrected chi connectivity index (χ4v) is 2.38. The molecule has 5 nitrogen and oxygen atoms in total. The largest absolute Gasteiger partial charge is 0.336 e. The van der Waals surface area contributed by atoms with E-state index in [1.807, 2.05) is 6.07 Å². The van der Waals surface area contributed by atoms with Crippen LogP contribution >= 0.6 is 69.6 Å². The predicted molar refractivity (Wildman–Crippen MR) is 89.2 cm³/mol. The summed E-state index contributed by atoms with van der Waals surface area (Å²) in [6.45, 7) is 0.295. The number of hydrogen-bond donors (Lipinski definition) is 0. The lowest BCUT2D eigenvalue weighted by Crippen LogP contribution is -2.16. The standard InChI is InChI=1S/C12H5Cl6N3O2/c13-11(14,15)9-19-8(20-10(21-9)12(16,17)18)6-3-1-2-5-4-22-23-7(5)6/h1-3H,4H2. The first-order valence-electron chi connectivity index (χ1n) is 5.98. The number of hydrogen-bond acceptors (Lipinski definition) is 5. The molecule has 0 fully saturated rings. The molecule has 0 radical (unpaired) electrons. The zero-order valence-electron chi connectivity index (χ0n) is 10.9. The van der Waals surface area contributed by atoms with Gasteiger partial charge in [-0.25, -0.2) is 15.0 Å². The topological polar surface area (TPSA) is 57.1 Å². The van der Waals surface area contributed by atoms with Gasteiger partial charge in [-0.3, -0.25) is 0 Å². The first kappa shape index (κ1) is 17.5. The summed E-state index contributed by atoms with van der Waals surface area (Å²) >= 11 is 35.1. The first-order valence-corrected chi connectivity index (χ1v) is 8.25. The minimum Gasteiger partial charge on any atom is -0.336 e. The molecule has 0 aliphatic carbocycles. The van der Waals surface area contributed by atoms with Crippen molar-refractivity contribution in [1.29, 1.82) is 0 Å². The molecule has 0 spiro atoms. The quantitative estimate of drug-likeness (QED) is 0.465. The molecule has 2 aromatic rings. The Morgan fingerprint density at radius 1 is 0.870 bits per heavy atom. The molecule has 2 heterocycles. The molecule has 1 aliphatic heterocycles. The highest BCUT2D eigenvalue weighted by atomic mass is 35.6. The van der Waals surface area contributed by atoms with Gasteiger partial charge in [0.2, 0.25) is 7.59 Å². The Morgan fingerprint density at radius 2 is 1.48 bits per heavy atom. The van der Waals surface area contributed by atoms with Crippen LogP contribution in [0.3, 0.4) is 0 Å². The van der Waals surface area contributed by atoms with Gasteiger partial charge >= 0.3 is 0 Å². The summed E-state index contributed by atoms with van der Waals surface area (Å²) in [5, 5.41) is 0. The van der Waals surface area contributed by atoms with Crippen LogP contribution in [-0.4, -0.2) is 15.0 Å². The van der Waals surface area contributed by atoms with Crippen molar-refractivity contribution in [2.75, 3.05) is 0 Å². The zero-order valence-corrected chi connectivity index (χ0v) is 15.4. The van der Waals surface area contributed by atoms with Crippen molar-refractivity contribution >= 4 is 69.6 Å². The third kappa shape index (κ3) is 3.71. The number of fused-ring (bicyclic) bond motifs is 1. The maximum absolute atomic E-state index is 5.85. The van der Waals surface area contributed by atoms with E-state index in [0.29, 0.717) is 17.9 Å². The van der Waals surface area contributed by atoms with Gasteiger partial charge in [0.05, 0.1) is 5.56 Å². The van der Waals surface area contributed by atoms with E-state index in [9.17, 15) is 0 Å². The summed E-state index contributed by atoms with van der Waals surface area (Å²) in [5.74, 6) is 0.227. The van der Waals surface area contributed by atoms with Crippen LogP contribution < -0.4 is 4.89 Å². The highest BCUT2D eigenvalue weighted by molar-refractivity contribution is 6.67. The molecule has 0 N–H and O–H groups in total. The molecule has 11 heteroatoms. The van der Waals surface area contributed by atoms with Gasteiger partial charge in [-0.15, -0.1) is 0 Å². The van der Waals surface area contributed by atoms with Gasteiger partial charge in [0.1, 0.15) is 6.61 Å². The van der Waals surface area contributed by atoms with Crippen LogP contribution in [0.15, 0.2) is 18.2 Å². The minimum atomic E-state index is -1.92. The molecule has 1 aliphatic rings. The van der Waals surface area contributed by atoms with Crippen LogP contribution in [0.25, 0.3) is 11.4 Å². The normalized spacial score (nSPS) is 14.5. The molecule has 1 aromatic carbocycles. The van der Waals surface area contributed by atoms with E-state index in [2.05, 4.69) is 15.0 Å². The number of rotatable bonds is 1. The molecule has 0 saturated carbocycles. The van der Waals surface area contributed by atoms with E-state index in [0.717, 1.165) is 5.56 Å². The molecule has 0 atom stereocenters. The van der Waals surface area contributed by atoms with Crippen molar-refractivity contribution in [2.24, 2.45) is 0 Å². The first-order chi connectivity index (χ1) is 10.7. The van der Waals surface area contributed by atoms with Crippen LogP contribution in [0, 0.1) is 0 Å². The summed E-state index contributed by atoms with van der Waals surface area (Å²) in [4.78, 5) is 22.3. The van der Waals surface area contributed by atoms with Crippen molar-refractivity contribution in [2.45, 2.75) is 14.2 Å². The van der Waals surface area contributed by atoms with Gasteiger partial charge in [-0.2, -0.15) is 4.89 Å². The van der Waals surface area contributed by atoms with Gasteiger partial charge in [0, 0.05) is 5.56 Å². The zero-order chi connectivity index (χ0) is 16.8. The second kappa shape index (κ2) is 6.23. The number of benzene rings is 1. The average molecular weight is 436 g/mol. The van der Waals surface area contributed by atoms with Crippen LogP contribution in [0.4, 0.5) is 0 Å². The predicted octanol–water partition coefficient (Wildman–Crippen LogP) is 5.02. The summed E-state index contributed by atoms with van der Waals surface area (Å²) in [6.07, 6.45) is 0. The Labute approximate surface area is 160 Å². The summed E-state index contributed by atoms with van der Waals surface area (Å²) in [7, 11) is 0. The molecule has 0 bridgehead atoms. The van der Waals surface area contributed by atoms with Gasteiger partial charge in [-0.05, 0) is 6.07 Å². The Bertz CT molecular complexity index is 727. The molecule has 0 unspecified atom stereocenters. The van der Waals surface area contributed by atoms with E-state index in [1.54, 1.807) is 12.1 Å². The van der Waals surface area contributed by atoms with Crippen LogP contribution in [0.5, 0.6) is 5.75 Å². The lowest BCUT2D eigenvalue weighted by Gasteiger charge is -2.16. The highest BCUT2D eigenvalue weighted by Gasteiger charge is 2.34. The highest BCUT2D eigenvalue weighted by Crippen LogP contribution is 2.42. The fourth-order valence-electron chi connectivity index (χ4n) is 1.87. The maximum atomic E-state index is 5.85. The monoisotopic (exact) mass is 433 g/mol. The molecular weight excluding hydrogens is 431 g/mol. The second-order valence-corrected chi connectivity index (χ2v) is 9.00. The molecule has 3 rings (SSSR count). The van der Waals surface area contributed by atoms with Crippen LogP contribution in [-0.2, 0) is 19.1 Å². The van der Waals surface area contributed by atoms with E-state index in [-0.39, 0.29) is 17.5 Å². The number of alkyl halides is 6. The SMILES string of the molecule is ClC(Cl)(Cl)c1nc(-c2cccc3c2OOC3)nc(C(Cl)(Cl)Cl)n1. The fraction of sp³-hybridized carbons (Fsp3) is 0.250. The van der Waals surface area contributed by atoms with Crippen molar-refractivity contribution in [3.05, 3.63) is 35.4 Å². The van der Waals surface area contributed by atoms with Crippen molar-refractivity contribution in [3.63, 3.8) is 0 Å². The summed E-state index contributed by atoms with van der Waals surface area (Å²) < 4.78 is -3.84. The lowest BCUT2D eigenvalue weighted by atomic mass is 10.1. The van der Waals surface area contributed by atoms with Crippen LogP contribution in [0.1, 0.15) is 17.2 Å². The number of nitrogens with zero attached hydrogens (tertiary/aromatic N) is 3. The Balaban J connectivity index is 2.22.